The lowest BCUT2D eigenvalue weighted by Gasteiger charge is -2.24. The Bertz CT molecular complexity index is 538. The molecule has 1 fully saturated rings. The molecular weight excluding hydrogens is 316 g/mol. The molecule has 1 aromatic carbocycles. The minimum Gasteiger partial charge on any atom is -0.398 e. The van der Waals surface area contributed by atoms with E-state index in [-0.39, 0.29) is 11.8 Å². The van der Waals surface area contributed by atoms with Gasteiger partial charge in [-0.15, -0.1) is 0 Å². The quantitative estimate of drug-likeness (QED) is 0.827. The summed E-state index contributed by atoms with van der Waals surface area (Å²) >= 11 is 3.49. The minimum atomic E-state index is 0.0231. The Morgan fingerprint density at radius 3 is 2.70 bits per heavy atom. The molecule has 1 aromatic rings. The van der Waals surface area contributed by atoms with Crippen molar-refractivity contribution in [1.82, 2.24) is 0 Å². The summed E-state index contributed by atoms with van der Waals surface area (Å²) in [4.78, 5) is 14.3. The fourth-order valence-electron chi connectivity index (χ4n) is 3.63. The number of benzene rings is 1. The van der Waals surface area contributed by atoms with Gasteiger partial charge in [0.05, 0.1) is 5.92 Å². The molecule has 1 unspecified atom stereocenters. The van der Waals surface area contributed by atoms with Gasteiger partial charge in [-0.25, -0.2) is 0 Å². The van der Waals surface area contributed by atoms with E-state index in [4.69, 9.17) is 5.73 Å². The van der Waals surface area contributed by atoms with Crippen molar-refractivity contribution in [2.24, 2.45) is 5.92 Å². The zero-order valence-electron chi connectivity index (χ0n) is 11.9. The van der Waals surface area contributed by atoms with Crippen LogP contribution in [0.1, 0.15) is 50.0 Å². The summed E-state index contributed by atoms with van der Waals surface area (Å²) < 4.78 is 0.896. The summed E-state index contributed by atoms with van der Waals surface area (Å²) in [6, 6.07) is 3.96. The lowest BCUT2D eigenvalue weighted by atomic mass is 9.81. The van der Waals surface area contributed by atoms with Crippen molar-refractivity contribution in [2.75, 3.05) is 17.7 Å². The van der Waals surface area contributed by atoms with Crippen molar-refractivity contribution in [2.45, 2.75) is 44.4 Å². The first-order valence-corrected chi connectivity index (χ1v) is 8.23. The van der Waals surface area contributed by atoms with Crippen LogP contribution in [0.5, 0.6) is 0 Å². The first-order chi connectivity index (χ1) is 9.58. The Morgan fingerprint density at radius 2 is 2.00 bits per heavy atom. The molecule has 1 amide bonds. The summed E-state index contributed by atoms with van der Waals surface area (Å²) in [7, 11) is 1.86. The number of hydrogen-bond donors (Lipinski definition) is 1. The second kappa shape index (κ2) is 5.40. The number of carbonyl (C=O) groups is 1. The maximum Gasteiger partial charge on any atom is 0.234 e. The number of anilines is 2. The Balaban J connectivity index is 1.89. The molecule has 1 saturated carbocycles. The van der Waals surface area contributed by atoms with Gasteiger partial charge < -0.3 is 10.6 Å². The smallest absolute Gasteiger partial charge is 0.234 e. The Hall–Kier alpha value is -1.03. The van der Waals surface area contributed by atoms with Crippen LogP contribution in [0, 0.1) is 5.92 Å². The van der Waals surface area contributed by atoms with Crippen LogP contribution < -0.4 is 10.6 Å². The second-order valence-electron chi connectivity index (χ2n) is 6.12. The summed E-state index contributed by atoms with van der Waals surface area (Å²) in [5.41, 5.74) is 8.77. The highest BCUT2D eigenvalue weighted by Gasteiger charge is 2.37. The van der Waals surface area contributed by atoms with Gasteiger partial charge >= 0.3 is 0 Å². The van der Waals surface area contributed by atoms with Gasteiger partial charge in [-0.3, -0.25) is 4.79 Å². The average molecular weight is 337 g/mol. The predicted molar refractivity (Wildman–Crippen MR) is 85.9 cm³/mol. The fourth-order valence-corrected chi connectivity index (χ4v) is 3.99. The third-order valence-electron chi connectivity index (χ3n) is 4.81. The van der Waals surface area contributed by atoms with Crippen LogP contribution in [0.25, 0.3) is 0 Å². The van der Waals surface area contributed by atoms with Gasteiger partial charge in [0.15, 0.2) is 0 Å². The molecule has 2 N–H and O–H groups in total. The molecule has 1 aliphatic carbocycles. The lowest BCUT2D eigenvalue weighted by molar-refractivity contribution is -0.119. The second-order valence-corrected chi connectivity index (χ2v) is 6.98. The van der Waals surface area contributed by atoms with Crippen LogP contribution in [0.15, 0.2) is 16.6 Å². The van der Waals surface area contributed by atoms with Gasteiger partial charge in [0, 0.05) is 22.9 Å². The van der Waals surface area contributed by atoms with Crippen LogP contribution in [0.3, 0.4) is 0 Å². The van der Waals surface area contributed by atoms with E-state index >= 15 is 0 Å². The number of nitrogens with two attached hydrogens (primary N) is 1. The van der Waals surface area contributed by atoms with Crippen molar-refractivity contribution in [3.63, 3.8) is 0 Å². The first kappa shape index (κ1) is 13.9. The normalized spacial score (nSPS) is 23.2. The van der Waals surface area contributed by atoms with E-state index in [2.05, 4.69) is 15.9 Å². The van der Waals surface area contributed by atoms with Crippen LogP contribution in [0.4, 0.5) is 11.4 Å². The number of fused-ring (bicyclic) bond motifs is 1. The van der Waals surface area contributed by atoms with Gasteiger partial charge in [0.1, 0.15) is 0 Å². The van der Waals surface area contributed by atoms with Crippen molar-refractivity contribution in [1.29, 1.82) is 0 Å². The molecule has 0 saturated heterocycles. The van der Waals surface area contributed by atoms with Gasteiger partial charge in [0.2, 0.25) is 5.91 Å². The monoisotopic (exact) mass is 336 g/mol. The molecular formula is C16H21BrN2O. The van der Waals surface area contributed by atoms with E-state index in [1.165, 1.54) is 32.1 Å². The van der Waals surface area contributed by atoms with E-state index in [1.807, 2.05) is 19.2 Å². The summed E-state index contributed by atoms with van der Waals surface area (Å²) in [6.45, 7) is 0. The molecule has 3 rings (SSSR count). The molecule has 108 valence electrons. The number of hydrogen-bond acceptors (Lipinski definition) is 2. The highest BCUT2D eigenvalue weighted by Crippen LogP contribution is 2.44. The van der Waals surface area contributed by atoms with Crippen LogP contribution in [0.2, 0.25) is 0 Å². The molecule has 1 aliphatic heterocycles. The average Bonchev–Trinajstić information content (AvgIpc) is 2.66. The molecule has 3 nitrogen and oxygen atoms in total. The minimum absolute atomic E-state index is 0.0231. The van der Waals surface area contributed by atoms with Crippen LogP contribution in [-0.2, 0) is 4.79 Å². The molecule has 2 aliphatic rings. The molecule has 0 radical (unpaired) electrons. The number of amides is 1. The van der Waals surface area contributed by atoms with E-state index < -0.39 is 0 Å². The van der Waals surface area contributed by atoms with E-state index in [1.54, 1.807) is 4.90 Å². The predicted octanol–water partition coefficient (Wildman–Crippen LogP) is 4.06. The van der Waals surface area contributed by atoms with Gasteiger partial charge in [0.25, 0.3) is 0 Å². The summed E-state index contributed by atoms with van der Waals surface area (Å²) in [6.07, 6.45) is 7.54. The number of likely N-dealkylation sites (N-methyl/N-ethyl adjacent to an activating group) is 1. The standard InChI is InChI=1S/C16H21BrN2O/c1-19-15-9-14(18)13(17)8-11(15)12(16(19)20)7-10-5-3-2-4-6-10/h8-10,12H,2-7,18H2,1H3. The highest BCUT2D eigenvalue weighted by atomic mass is 79.9. The number of nitrogens with zero attached hydrogens (tertiary/aromatic N) is 1. The highest BCUT2D eigenvalue weighted by molar-refractivity contribution is 9.10. The first-order valence-electron chi connectivity index (χ1n) is 7.44. The fraction of sp³-hybridized carbons (Fsp3) is 0.562. The molecule has 20 heavy (non-hydrogen) atoms. The molecule has 4 heteroatoms. The Morgan fingerprint density at radius 1 is 1.30 bits per heavy atom. The SMILES string of the molecule is CN1C(=O)C(CC2CCCCC2)c2cc(Br)c(N)cc21. The topological polar surface area (TPSA) is 46.3 Å². The van der Waals surface area contributed by atoms with Crippen LogP contribution >= 0.6 is 15.9 Å². The molecule has 1 heterocycles. The third-order valence-corrected chi connectivity index (χ3v) is 5.49. The number of carbonyl (C=O) groups excluding carboxylic acids is 1. The van der Waals surface area contributed by atoms with Crippen molar-refractivity contribution in [3.05, 3.63) is 22.2 Å². The van der Waals surface area contributed by atoms with E-state index in [0.29, 0.717) is 11.6 Å². The van der Waals surface area contributed by atoms with E-state index in [0.717, 1.165) is 22.1 Å². The summed E-state index contributed by atoms with van der Waals surface area (Å²) in [5, 5.41) is 0. The van der Waals surface area contributed by atoms with E-state index in [9.17, 15) is 4.79 Å². The maximum atomic E-state index is 12.5. The van der Waals surface area contributed by atoms with Gasteiger partial charge in [-0.2, -0.15) is 0 Å². The molecule has 0 aromatic heterocycles. The number of rotatable bonds is 2. The van der Waals surface area contributed by atoms with Crippen molar-refractivity contribution < 1.29 is 4.79 Å². The maximum absolute atomic E-state index is 12.5. The number of nitrogen functional groups attached to an aromatic ring is 1. The molecule has 0 bridgehead atoms. The molecule has 1 atom stereocenters. The van der Waals surface area contributed by atoms with Gasteiger partial charge in [-0.1, -0.05) is 32.1 Å². The van der Waals surface area contributed by atoms with Crippen molar-refractivity contribution in [3.8, 4) is 0 Å². The van der Waals surface area contributed by atoms with Crippen LogP contribution in [-0.4, -0.2) is 13.0 Å². The Kier molecular flexibility index (Phi) is 3.76. The third kappa shape index (κ3) is 2.34. The zero-order chi connectivity index (χ0) is 14.3. The van der Waals surface area contributed by atoms with Crippen molar-refractivity contribution >= 4 is 33.2 Å². The molecule has 0 spiro atoms. The number of halogens is 1. The largest absolute Gasteiger partial charge is 0.398 e. The lowest BCUT2D eigenvalue weighted by Crippen LogP contribution is -2.25. The zero-order valence-corrected chi connectivity index (χ0v) is 13.4. The van der Waals surface area contributed by atoms with Gasteiger partial charge in [-0.05, 0) is 46.0 Å². The Labute approximate surface area is 128 Å². The summed E-state index contributed by atoms with van der Waals surface area (Å²) in [5.74, 6) is 0.950.